The minimum absolute atomic E-state index is 0.0889. The minimum atomic E-state index is -1.92. The molecule has 172 valence electrons. The van der Waals surface area contributed by atoms with E-state index >= 15 is 0 Å². The van der Waals surface area contributed by atoms with Crippen molar-refractivity contribution in [3.05, 3.63) is 64.2 Å². The van der Waals surface area contributed by atoms with Gasteiger partial charge in [-0.25, -0.2) is 0 Å². The third-order valence-electron chi connectivity index (χ3n) is 4.54. The summed E-state index contributed by atoms with van der Waals surface area (Å²) in [6, 6.07) is 10.9. The van der Waals surface area contributed by atoms with Gasteiger partial charge in [0.25, 0.3) is 11.5 Å². The Hall–Kier alpha value is -2.99. The summed E-state index contributed by atoms with van der Waals surface area (Å²) in [5, 5.41) is 10.6. The number of alkyl halides is 1. The molecule has 0 radical (unpaired) electrons. The van der Waals surface area contributed by atoms with Crippen LogP contribution in [0.15, 0.2) is 46.7 Å². The standard InChI is InChI=1S/C23H29FN3O4P/c1-14-10-11-17(20(12-14)31-23(4,24)32)16(3)26-30-13-19-15(2)8-7-9-18(19)21(27-29-6)22(28)25-5/h7-12H,13,32H2,1-6H3,(H,25,28)/b26-16+,27-21+. The number of nitrogens with zero attached hydrogens (tertiary/aromatic N) is 2. The summed E-state index contributed by atoms with van der Waals surface area (Å²) >= 11 is 0. The van der Waals surface area contributed by atoms with Crippen LogP contribution in [0.3, 0.4) is 0 Å². The zero-order chi connectivity index (χ0) is 23.9. The highest BCUT2D eigenvalue weighted by molar-refractivity contribution is 7.18. The lowest BCUT2D eigenvalue weighted by Gasteiger charge is -2.20. The highest BCUT2D eigenvalue weighted by Gasteiger charge is 2.21. The fraction of sp³-hybridized carbons (Fsp3) is 0.348. The molecule has 2 aromatic rings. The van der Waals surface area contributed by atoms with Crippen molar-refractivity contribution in [1.29, 1.82) is 0 Å². The average Bonchev–Trinajstić information content (AvgIpc) is 2.71. The number of amides is 1. The number of hydrogen-bond donors (Lipinski definition) is 1. The Balaban J connectivity index is 2.33. The third kappa shape index (κ3) is 6.76. The summed E-state index contributed by atoms with van der Waals surface area (Å²) in [4.78, 5) is 22.7. The number of hydrogen-bond acceptors (Lipinski definition) is 6. The van der Waals surface area contributed by atoms with Crippen molar-refractivity contribution in [2.45, 2.75) is 39.9 Å². The van der Waals surface area contributed by atoms with Crippen molar-refractivity contribution in [2.75, 3.05) is 14.2 Å². The Morgan fingerprint density at radius 3 is 2.53 bits per heavy atom. The van der Waals surface area contributed by atoms with E-state index in [1.807, 2.05) is 41.3 Å². The molecule has 9 heteroatoms. The van der Waals surface area contributed by atoms with E-state index in [2.05, 4.69) is 15.6 Å². The molecular formula is C23H29FN3O4P. The van der Waals surface area contributed by atoms with Gasteiger partial charge in [0, 0.05) is 30.7 Å². The lowest BCUT2D eigenvalue weighted by atomic mass is 9.98. The summed E-state index contributed by atoms with van der Waals surface area (Å²) in [6.07, 6.45) is 0. The largest absolute Gasteiger partial charge is 0.455 e. The Morgan fingerprint density at radius 1 is 1.19 bits per heavy atom. The quantitative estimate of drug-likeness (QED) is 0.344. The molecule has 2 atom stereocenters. The van der Waals surface area contributed by atoms with Gasteiger partial charge >= 0.3 is 0 Å². The van der Waals surface area contributed by atoms with Crippen molar-refractivity contribution >= 4 is 26.6 Å². The maximum absolute atomic E-state index is 14.1. The maximum Gasteiger partial charge on any atom is 0.273 e. The van der Waals surface area contributed by atoms with Gasteiger partial charge in [0.1, 0.15) is 19.5 Å². The highest BCUT2D eigenvalue weighted by Crippen LogP contribution is 2.29. The molecule has 32 heavy (non-hydrogen) atoms. The second-order valence-electron chi connectivity index (χ2n) is 7.34. The molecule has 2 aromatic carbocycles. The molecule has 0 bridgehead atoms. The van der Waals surface area contributed by atoms with E-state index in [1.54, 1.807) is 25.1 Å². The molecule has 2 rings (SSSR count). The smallest absolute Gasteiger partial charge is 0.273 e. The number of aryl methyl sites for hydroxylation is 2. The van der Waals surface area contributed by atoms with Gasteiger partial charge in [-0.15, -0.1) is 0 Å². The Bertz CT molecular complexity index is 1030. The number of likely N-dealkylation sites (N-methyl/N-ethyl adjacent to an activating group) is 1. The second kappa shape index (κ2) is 11.0. The molecule has 1 N–H and O–H groups in total. The molecule has 1 amide bonds. The lowest BCUT2D eigenvalue weighted by molar-refractivity contribution is -0.114. The number of benzene rings is 2. The van der Waals surface area contributed by atoms with Gasteiger partial charge in [-0.3, -0.25) is 4.79 Å². The van der Waals surface area contributed by atoms with E-state index in [0.717, 1.165) is 16.7 Å². The lowest BCUT2D eigenvalue weighted by Crippen LogP contribution is -2.29. The van der Waals surface area contributed by atoms with Gasteiger partial charge < -0.3 is 19.7 Å². The molecule has 0 heterocycles. The van der Waals surface area contributed by atoms with Crippen molar-refractivity contribution in [3.8, 4) is 5.75 Å². The van der Waals surface area contributed by atoms with Crippen molar-refractivity contribution in [3.63, 3.8) is 0 Å². The van der Waals surface area contributed by atoms with E-state index in [-0.39, 0.29) is 18.2 Å². The van der Waals surface area contributed by atoms with E-state index in [9.17, 15) is 9.18 Å². The van der Waals surface area contributed by atoms with Gasteiger partial charge in [-0.1, -0.05) is 43.8 Å². The van der Waals surface area contributed by atoms with E-state index in [4.69, 9.17) is 14.4 Å². The van der Waals surface area contributed by atoms with E-state index in [1.165, 1.54) is 21.1 Å². The number of halogens is 1. The molecule has 0 fully saturated rings. The van der Waals surface area contributed by atoms with E-state index in [0.29, 0.717) is 22.6 Å². The summed E-state index contributed by atoms with van der Waals surface area (Å²) in [7, 11) is 4.91. The average molecular weight is 461 g/mol. The van der Waals surface area contributed by atoms with Crippen molar-refractivity contribution < 1.29 is 23.6 Å². The summed E-state index contributed by atoms with van der Waals surface area (Å²) < 4.78 is 19.5. The van der Waals surface area contributed by atoms with Gasteiger partial charge in [-0.05, 0) is 44.0 Å². The zero-order valence-corrected chi connectivity index (χ0v) is 20.3. The second-order valence-corrected chi connectivity index (χ2v) is 8.37. The minimum Gasteiger partial charge on any atom is -0.455 e. The maximum atomic E-state index is 14.1. The van der Waals surface area contributed by atoms with Gasteiger partial charge in [0.2, 0.25) is 0 Å². The van der Waals surface area contributed by atoms with Gasteiger partial charge in [0.05, 0.1) is 5.71 Å². The zero-order valence-electron chi connectivity index (χ0n) is 19.2. The van der Waals surface area contributed by atoms with E-state index < -0.39 is 5.60 Å². The van der Waals surface area contributed by atoms with Crippen LogP contribution in [0.25, 0.3) is 0 Å². The Labute approximate surface area is 190 Å². The van der Waals surface area contributed by atoms with Crippen LogP contribution in [-0.4, -0.2) is 37.1 Å². The molecule has 0 saturated heterocycles. The fourth-order valence-corrected chi connectivity index (χ4v) is 3.14. The molecule has 0 aliphatic rings. The van der Waals surface area contributed by atoms with Crippen LogP contribution in [0.1, 0.15) is 41.7 Å². The predicted molar refractivity (Wildman–Crippen MR) is 127 cm³/mol. The first-order chi connectivity index (χ1) is 15.1. The first kappa shape index (κ1) is 25.3. The van der Waals surface area contributed by atoms with Crippen molar-refractivity contribution in [1.82, 2.24) is 5.32 Å². The normalized spacial score (nSPS) is 13.9. The first-order valence-electron chi connectivity index (χ1n) is 9.93. The molecule has 0 saturated carbocycles. The van der Waals surface area contributed by atoms with Crippen LogP contribution in [-0.2, 0) is 21.1 Å². The third-order valence-corrected chi connectivity index (χ3v) is 4.65. The molecule has 2 unspecified atom stereocenters. The van der Waals surface area contributed by atoms with Gasteiger partial charge in [0.15, 0.2) is 5.71 Å². The summed E-state index contributed by atoms with van der Waals surface area (Å²) in [6.45, 7) is 6.93. The SMILES string of the molecule is CNC(=O)/C(=N/OC)c1cccc(C)c1CO/N=C(\C)c1ccc(C)cc1OC(C)(F)P. The van der Waals surface area contributed by atoms with Crippen LogP contribution < -0.4 is 10.1 Å². The number of rotatable bonds is 9. The molecular weight excluding hydrogens is 432 g/mol. The first-order valence-corrected chi connectivity index (χ1v) is 10.5. The number of oxime groups is 2. The highest BCUT2D eigenvalue weighted by atomic mass is 31.0. The Kier molecular flexibility index (Phi) is 8.72. The number of nitrogens with one attached hydrogen (secondary N) is 1. The van der Waals surface area contributed by atoms with Crippen LogP contribution in [0, 0.1) is 13.8 Å². The Morgan fingerprint density at radius 2 is 1.91 bits per heavy atom. The molecule has 0 aliphatic heterocycles. The van der Waals surface area contributed by atoms with Crippen LogP contribution >= 0.6 is 9.24 Å². The number of carbonyl (C=O) groups is 1. The topological polar surface area (TPSA) is 81.5 Å². The van der Waals surface area contributed by atoms with Crippen molar-refractivity contribution in [2.24, 2.45) is 10.3 Å². The van der Waals surface area contributed by atoms with Gasteiger partial charge in [-0.2, -0.15) is 4.39 Å². The van der Waals surface area contributed by atoms with Crippen LogP contribution in [0.2, 0.25) is 0 Å². The van der Waals surface area contributed by atoms with Crippen LogP contribution in [0.5, 0.6) is 5.75 Å². The summed E-state index contributed by atoms with van der Waals surface area (Å²) in [5.41, 5.74) is 2.49. The summed E-state index contributed by atoms with van der Waals surface area (Å²) in [5.74, 6) is -0.0212. The number of carbonyl (C=O) groups excluding carboxylic acids is 1. The number of ether oxygens (including phenoxy) is 1. The monoisotopic (exact) mass is 461 g/mol. The predicted octanol–water partition coefficient (Wildman–Crippen LogP) is 4.24. The molecule has 0 spiro atoms. The molecule has 0 aliphatic carbocycles. The fourth-order valence-electron chi connectivity index (χ4n) is 3.01. The molecule has 7 nitrogen and oxygen atoms in total. The molecule has 0 aromatic heterocycles. The van der Waals surface area contributed by atoms with Crippen LogP contribution in [0.4, 0.5) is 4.39 Å².